The molecule has 3 nitrogen and oxygen atoms in total. The highest BCUT2D eigenvalue weighted by Gasteiger charge is 2.23. The Bertz CT molecular complexity index is 437. The molecule has 92 valence electrons. The molecular formula is C12H14F2N2O. The Hall–Kier alpha value is -1.49. The van der Waals surface area contributed by atoms with Gasteiger partial charge in [0.25, 0.3) is 0 Å². The molecular weight excluding hydrogens is 226 g/mol. The van der Waals surface area contributed by atoms with Crippen LogP contribution in [0, 0.1) is 11.6 Å². The minimum atomic E-state index is -0.923. The van der Waals surface area contributed by atoms with Gasteiger partial charge in [-0.05, 0) is 24.1 Å². The van der Waals surface area contributed by atoms with Crippen molar-refractivity contribution in [3.63, 3.8) is 0 Å². The average Bonchev–Trinajstić information content (AvgIpc) is 2.70. The second-order valence-corrected chi connectivity index (χ2v) is 4.31. The molecule has 0 saturated carbocycles. The van der Waals surface area contributed by atoms with Gasteiger partial charge in [0.1, 0.15) is 0 Å². The quantitative estimate of drug-likeness (QED) is 0.840. The van der Waals surface area contributed by atoms with Gasteiger partial charge in [0.15, 0.2) is 11.6 Å². The summed E-state index contributed by atoms with van der Waals surface area (Å²) >= 11 is 0. The summed E-state index contributed by atoms with van der Waals surface area (Å²) in [5, 5.41) is 0. The largest absolute Gasteiger partial charge is 0.341 e. The van der Waals surface area contributed by atoms with Crippen LogP contribution in [0.4, 0.5) is 8.78 Å². The third kappa shape index (κ3) is 2.79. The number of hydrogen-bond acceptors (Lipinski definition) is 2. The van der Waals surface area contributed by atoms with Crippen LogP contribution in [0.1, 0.15) is 12.0 Å². The first-order valence-electron chi connectivity index (χ1n) is 5.53. The number of nitrogens with two attached hydrogens (primary N) is 1. The zero-order valence-corrected chi connectivity index (χ0v) is 9.33. The molecule has 1 heterocycles. The van der Waals surface area contributed by atoms with Crippen molar-refractivity contribution in [3.05, 3.63) is 35.4 Å². The van der Waals surface area contributed by atoms with E-state index in [1.165, 1.54) is 6.07 Å². The standard InChI is InChI=1S/C12H14F2N2O/c13-10-2-1-8(5-11(10)14)6-12(17)16-4-3-9(15)7-16/h1-2,5,9H,3-4,6-7,15H2/t9-/m1/s1. The number of likely N-dealkylation sites (tertiary alicyclic amines) is 1. The third-order valence-corrected chi connectivity index (χ3v) is 2.92. The number of carbonyl (C=O) groups is 1. The van der Waals surface area contributed by atoms with E-state index in [-0.39, 0.29) is 18.4 Å². The predicted octanol–water partition coefficient (Wildman–Crippen LogP) is 1.07. The number of benzene rings is 1. The molecule has 2 rings (SSSR count). The molecule has 1 saturated heterocycles. The van der Waals surface area contributed by atoms with E-state index < -0.39 is 11.6 Å². The van der Waals surface area contributed by atoms with Gasteiger partial charge in [-0.15, -0.1) is 0 Å². The highest BCUT2D eigenvalue weighted by Crippen LogP contribution is 2.13. The minimum Gasteiger partial charge on any atom is -0.341 e. The molecule has 1 atom stereocenters. The molecule has 1 aliphatic rings. The summed E-state index contributed by atoms with van der Waals surface area (Å²) in [7, 11) is 0. The van der Waals surface area contributed by atoms with Crippen LogP contribution in [0.2, 0.25) is 0 Å². The lowest BCUT2D eigenvalue weighted by atomic mass is 10.1. The van der Waals surface area contributed by atoms with Gasteiger partial charge in [0.2, 0.25) is 5.91 Å². The first-order valence-corrected chi connectivity index (χ1v) is 5.53. The van der Waals surface area contributed by atoms with Crippen LogP contribution in [0.25, 0.3) is 0 Å². The van der Waals surface area contributed by atoms with Crippen LogP contribution in [-0.2, 0) is 11.2 Å². The maximum Gasteiger partial charge on any atom is 0.227 e. The molecule has 1 aromatic carbocycles. The Labute approximate surface area is 98.2 Å². The lowest BCUT2D eigenvalue weighted by Gasteiger charge is -2.15. The second-order valence-electron chi connectivity index (χ2n) is 4.31. The monoisotopic (exact) mass is 240 g/mol. The second kappa shape index (κ2) is 4.79. The Balaban J connectivity index is 2.00. The van der Waals surface area contributed by atoms with Crippen molar-refractivity contribution >= 4 is 5.91 Å². The molecule has 1 aliphatic heterocycles. The summed E-state index contributed by atoms with van der Waals surface area (Å²) in [5.41, 5.74) is 6.18. The maximum atomic E-state index is 12.9. The van der Waals surface area contributed by atoms with Gasteiger partial charge >= 0.3 is 0 Å². The fourth-order valence-electron chi connectivity index (χ4n) is 1.95. The molecule has 0 aliphatic carbocycles. The third-order valence-electron chi connectivity index (χ3n) is 2.92. The van der Waals surface area contributed by atoms with Gasteiger partial charge in [-0.2, -0.15) is 0 Å². The Morgan fingerprint density at radius 3 is 2.76 bits per heavy atom. The molecule has 2 N–H and O–H groups in total. The zero-order valence-electron chi connectivity index (χ0n) is 9.33. The summed E-state index contributed by atoms with van der Waals surface area (Å²) in [4.78, 5) is 13.5. The molecule has 0 bridgehead atoms. The van der Waals surface area contributed by atoms with E-state index in [1.54, 1.807) is 4.90 Å². The highest BCUT2D eigenvalue weighted by atomic mass is 19.2. The maximum absolute atomic E-state index is 12.9. The van der Waals surface area contributed by atoms with Gasteiger partial charge in [0, 0.05) is 19.1 Å². The van der Waals surface area contributed by atoms with E-state index in [4.69, 9.17) is 5.73 Å². The first-order chi connectivity index (χ1) is 8.06. The molecule has 0 radical (unpaired) electrons. The van der Waals surface area contributed by atoms with Gasteiger partial charge in [-0.1, -0.05) is 6.07 Å². The highest BCUT2D eigenvalue weighted by molar-refractivity contribution is 5.79. The van der Waals surface area contributed by atoms with Crippen molar-refractivity contribution in [2.24, 2.45) is 5.73 Å². The van der Waals surface area contributed by atoms with Crippen LogP contribution < -0.4 is 5.73 Å². The Kier molecular flexibility index (Phi) is 3.38. The number of carbonyl (C=O) groups excluding carboxylic acids is 1. The Morgan fingerprint density at radius 1 is 1.41 bits per heavy atom. The van der Waals surface area contributed by atoms with E-state index in [2.05, 4.69) is 0 Å². The van der Waals surface area contributed by atoms with Crippen molar-refractivity contribution in [1.29, 1.82) is 0 Å². The summed E-state index contributed by atoms with van der Waals surface area (Å²) in [6, 6.07) is 3.55. The van der Waals surface area contributed by atoms with Crippen molar-refractivity contribution in [1.82, 2.24) is 4.90 Å². The van der Waals surface area contributed by atoms with E-state index in [1.807, 2.05) is 0 Å². The van der Waals surface area contributed by atoms with Gasteiger partial charge in [-0.25, -0.2) is 8.78 Å². The van der Waals surface area contributed by atoms with Crippen LogP contribution >= 0.6 is 0 Å². The zero-order chi connectivity index (χ0) is 12.4. The molecule has 0 aromatic heterocycles. The smallest absolute Gasteiger partial charge is 0.227 e. The lowest BCUT2D eigenvalue weighted by Crippen LogP contribution is -2.32. The van der Waals surface area contributed by atoms with Crippen molar-refractivity contribution in [2.45, 2.75) is 18.9 Å². The van der Waals surface area contributed by atoms with Crippen LogP contribution in [0.3, 0.4) is 0 Å². The number of halogens is 2. The molecule has 1 fully saturated rings. The molecule has 1 aromatic rings. The van der Waals surface area contributed by atoms with Crippen molar-refractivity contribution in [3.8, 4) is 0 Å². The van der Waals surface area contributed by atoms with Crippen molar-refractivity contribution < 1.29 is 13.6 Å². The van der Waals surface area contributed by atoms with E-state index >= 15 is 0 Å². The first kappa shape index (κ1) is 12.0. The van der Waals surface area contributed by atoms with Gasteiger partial charge in [-0.3, -0.25) is 4.79 Å². The van der Waals surface area contributed by atoms with Crippen LogP contribution in [0.15, 0.2) is 18.2 Å². The lowest BCUT2D eigenvalue weighted by molar-refractivity contribution is -0.129. The number of amides is 1. The van der Waals surface area contributed by atoms with Gasteiger partial charge < -0.3 is 10.6 Å². The molecule has 17 heavy (non-hydrogen) atoms. The SMILES string of the molecule is N[C@@H]1CCN(C(=O)Cc2ccc(F)c(F)c2)C1. The normalized spacial score (nSPS) is 19.7. The van der Waals surface area contributed by atoms with E-state index in [0.717, 1.165) is 18.6 Å². The van der Waals surface area contributed by atoms with E-state index in [0.29, 0.717) is 18.7 Å². The van der Waals surface area contributed by atoms with E-state index in [9.17, 15) is 13.6 Å². The number of hydrogen-bond donors (Lipinski definition) is 1. The van der Waals surface area contributed by atoms with Crippen LogP contribution in [-0.4, -0.2) is 29.9 Å². The molecule has 0 unspecified atom stereocenters. The van der Waals surface area contributed by atoms with Crippen LogP contribution in [0.5, 0.6) is 0 Å². The fourth-order valence-corrected chi connectivity index (χ4v) is 1.95. The summed E-state index contributed by atoms with van der Waals surface area (Å²) in [6.07, 6.45) is 0.882. The van der Waals surface area contributed by atoms with Gasteiger partial charge in [0.05, 0.1) is 6.42 Å². The number of rotatable bonds is 2. The minimum absolute atomic E-state index is 0.0314. The molecule has 1 amide bonds. The molecule has 0 spiro atoms. The predicted molar refractivity (Wildman–Crippen MR) is 59.2 cm³/mol. The Morgan fingerprint density at radius 2 is 2.18 bits per heavy atom. The fraction of sp³-hybridized carbons (Fsp3) is 0.417. The average molecular weight is 240 g/mol. The number of nitrogens with zero attached hydrogens (tertiary/aromatic N) is 1. The summed E-state index contributed by atoms with van der Waals surface area (Å²) < 4.78 is 25.7. The molecule has 5 heteroatoms. The summed E-state index contributed by atoms with van der Waals surface area (Å²) in [6.45, 7) is 1.19. The summed E-state index contributed by atoms with van der Waals surface area (Å²) in [5.74, 6) is -1.92. The topological polar surface area (TPSA) is 46.3 Å². The van der Waals surface area contributed by atoms with Crippen molar-refractivity contribution in [2.75, 3.05) is 13.1 Å².